The molecule has 0 aliphatic heterocycles. The minimum atomic E-state index is -0.233. The van der Waals surface area contributed by atoms with E-state index in [0.717, 1.165) is 12.2 Å². The molecule has 0 atom stereocenters. The Morgan fingerprint density at radius 2 is 2.18 bits per heavy atom. The second kappa shape index (κ2) is 7.36. The molecule has 0 aliphatic rings. The van der Waals surface area contributed by atoms with Gasteiger partial charge in [-0.15, -0.1) is 6.58 Å². The summed E-state index contributed by atoms with van der Waals surface area (Å²) in [5.74, 6) is 0.468. The summed E-state index contributed by atoms with van der Waals surface area (Å²) in [6.45, 7) is 8.82. The van der Waals surface area contributed by atoms with Crippen molar-refractivity contribution < 1.29 is 4.79 Å². The molecule has 1 aromatic heterocycles. The van der Waals surface area contributed by atoms with Crippen LogP contribution in [0.5, 0.6) is 0 Å². The molecular formula is C17H20N4O. The Morgan fingerprint density at radius 3 is 2.86 bits per heavy atom. The molecule has 0 unspecified atom stereocenters. The first kappa shape index (κ1) is 15.7. The van der Waals surface area contributed by atoms with E-state index < -0.39 is 0 Å². The van der Waals surface area contributed by atoms with Crippen molar-refractivity contribution in [1.29, 1.82) is 0 Å². The highest BCUT2D eigenvalue weighted by Crippen LogP contribution is 2.24. The summed E-state index contributed by atoms with van der Waals surface area (Å²) in [6.07, 6.45) is 3.04. The van der Waals surface area contributed by atoms with Gasteiger partial charge in [0.05, 0.1) is 0 Å². The van der Waals surface area contributed by atoms with Crippen molar-refractivity contribution in [3.05, 3.63) is 60.6 Å². The predicted molar refractivity (Wildman–Crippen MR) is 88.4 cm³/mol. The third kappa shape index (κ3) is 3.69. The van der Waals surface area contributed by atoms with Crippen LogP contribution in [0.1, 0.15) is 23.0 Å². The van der Waals surface area contributed by atoms with Crippen molar-refractivity contribution in [2.24, 2.45) is 0 Å². The molecule has 1 amide bonds. The molecule has 0 fully saturated rings. The molecule has 1 aromatic carbocycles. The lowest BCUT2D eigenvalue weighted by Crippen LogP contribution is -2.25. The van der Waals surface area contributed by atoms with Gasteiger partial charge in [-0.3, -0.25) is 4.79 Å². The molecule has 5 nitrogen and oxygen atoms in total. The van der Waals surface area contributed by atoms with Crippen LogP contribution >= 0.6 is 0 Å². The van der Waals surface area contributed by atoms with Gasteiger partial charge in [-0.25, -0.2) is 9.97 Å². The number of anilines is 2. The fourth-order valence-corrected chi connectivity index (χ4v) is 2.15. The molecule has 0 spiro atoms. The molecule has 1 N–H and O–H groups in total. The number of carbonyl (C=O) groups excluding carboxylic acids is 1. The fraction of sp³-hybridized carbons (Fsp3) is 0.235. The Hall–Kier alpha value is -2.69. The maximum Gasteiger partial charge on any atom is 0.270 e. The fourth-order valence-electron chi connectivity index (χ4n) is 2.15. The van der Waals surface area contributed by atoms with E-state index in [4.69, 9.17) is 0 Å². The number of nitrogens with zero attached hydrogens (tertiary/aromatic N) is 3. The van der Waals surface area contributed by atoms with Gasteiger partial charge in [0.1, 0.15) is 17.8 Å². The Labute approximate surface area is 130 Å². The van der Waals surface area contributed by atoms with Gasteiger partial charge >= 0.3 is 0 Å². The summed E-state index contributed by atoms with van der Waals surface area (Å²) in [5, 5.41) is 2.72. The van der Waals surface area contributed by atoms with Crippen LogP contribution < -0.4 is 10.2 Å². The van der Waals surface area contributed by atoms with Gasteiger partial charge in [-0.1, -0.05) is 18.2 Å². The molecule has 2 aromatic rings. The van der Waals surface area contributed by atoms with Gasteiger partial charge in [0.2, 0.25) is 0 Å². The number of aromatic nitrogens is 2. The second-order valence-corrected chi connectivity index (χ2v) is 4.84. The molecule has 0 radical (unpaired) electrons. The summed E-state index contributed by atoms with van der Waals surface area (Å²) in [6, 6.07) is 9.86. The van der Waals surface area contributed by atoms with Crippen LogP contribution in [0.25, 0.3) is 0 Å². The Bertz CT molecular complexity index is 669. The van der Waals surface area contributed by atoms with Gasteiger partial charge in [-0.2, -0.15) is 0 Å². The Kier molecular flexibility index (Phi) is 5.25. The zero-order chi connectivity index (χ0) is 15.9. The summed E-state index contributed by atoms with van der Waals surface area (Å²) < 4.78 is 0. The van der Waals surface area contributed by atoms with Gasteiger partial charge in [0.25, 0.3) is 5.91 Å². The normalized spacial score (nSPS) is 10.1. The average Bonchev–Trinajstić information content (AvgIpc) is 2.54. The lowest BCUT2D eigenvalue weighted by molar-refractivity contribution is 0.0953. The summed E-state index contributed by atoms with van der Waals surface area (Å²) in [7, 11) is 0. The predicted octanol–water partition coefficient (Wildman–Crippen LogP) is 2.86. The molecule has 5 heteroatoms. The number of hydrogen-bond acceptors (Lipinski definition) is 4. The molecule has 0 bridgehead atoms. The van der Waals surface area contributed by atoms with E-state index in [2.05, 4.69) is 27.9 Å². The van der Waals surface area contributed by atoms with Crippen LogP contribution in [0.15, 0.2) is 49.3 Å². The van der Waals surface area contributed by atoms with E-state index in [1.807, 2.05) is 36.9 Å². The average molecular weight is 296 g/mol. The van der Waals surface area contributed by atoms with Crippen LogP contribution in [0.4, 0.5) is 11.5 Å². The molecule has 22 heavy (non-hydrogen) atoms. The molecule has 114 valence electrons. The topological polar surface area (TPSA) is 58.1 Å². The molecule has 0 saturated heterocycles. The second-order valence-electron chi connectivity index (χ2n) is 4.84. The largest absolute Gasteiger partial charge is 0.347 e. The highest BCUT2D eigenvalue weighted by Gasteiger charge is 2.13. The summed E-state index contributed by atoms with van der Waals surface area (Å²) in [5.41, 5.74) is 2.56. The molecule has 0 aliphatic carbocycles. The van der Waals surface area contributed by atoms with Crippen LogP contribution in [0.3, 0.4) is 0 Å². The number of hydrogen-bond donors (Lipinski definition) is 1. The Balaban J connectivity index is 2.30. The quantitative estimate of drug-likeness (QED) is 0.833. The van der Waals surface area contributed by atoms with Crippen molar-refractivity contribution in [3.8, 4) is 0 Å². The number of amides is 1. The van der Waals surface area contributed by atoms with Crippen LogP contribution in [-0.4, -0.2) is 29.0 Å². The molecule has 0 saturated carbocycles. The number of aryl methyl sites for hydroxylation is 1. The van der Waals surface area contributed by atoms with E-state index in [0.29, 0.717) is 18.1 Å². The lowest BCUT2D eigenvalue weighted by atomic mass is 10.2. The third-order valence-corrected chi connectivity index (χ3v) is 3.20. The van der Waals surface area contributed by atoms with E-state index in [9.17, 15) is 4.79 Å². The SMILES string of the molecule is C=CCNC(=O)c1cc(N(CC)c2cccc(C)c2)ncn1. The van der Waals surface area contributed by atoms with E-state index in [1.165, 1.54) is 11.9 Å². The summed E-state index contributed by atoms with van der Waals surface area (Å²) >= 11 is 0. The van der Waals surface area contributed by atoms with Crippen LogP contribution in [0.2, 0.25) is 0 Å². The highest BCUT2D eigenvalue weighted by molar-refractivity contribution is 5.93. The van der Waals surface area contributed by atoms with E-state index >= 15 is 0 Å². The van der Waals surface area contributed by atoms with Gasteiger partial charge in [0.15, 0.2) is 0 Å². The molecular weight excluding hydrogens is 276 g/mol. The summed E-state index contributed by atoms with van der Waals surface area (Å²) in [4.78, 5) is 22.4. The number of benzene rings is 1. The van der Waals surface area contributed by atoms with Gasteiger partial charge < -0.3 is 10.2 Å². The number of carbonyl (C=O) groups is 1. The zero-order valence-corrected chi connectivity index (χ0v) is 12.9. The van der Waals surface area contributed by atoms with Crippen molar-refractivity contribution in [2.75, 3.05) is 18.0 Å². The van der Waals surface area contributed by atoms with E-state index in [1.54, 1.807) is 12.1 Å². The first-order chi connectivity index (χ1) is 10.7. The first-order valence-corrected chi connectivity index (χ1v) is 7.21. The standard InChI is InChI=1S/C17H20N4O/c1-4-9-18-17(22)15-11-16(20-12-19-15)21(5-2)14-8-6-7-13(3)10-14/h4,6-8,10-12H,1,5,9H2,2-3H3,(H,18,22). The monoisotopic (exact) mass is 296 g/mol. The minimum absolute atomic E-state index is 0.233. The number of nitrogens with one attached hydrogen (secondary N) is 1. The third-order valence-electron chi connectivity index (χ3n) is 3.20. The lowest BCUT2D eigenvalue weighted by Gasteiger charge is -2.22. The van der Waals surface area contributed by atoms with Crippen molar-refractivity contribution >= 4 is 17.4 Å². The van der Waals surface area contributed by atoms with Gasteiger partial charge in [-0.05, 0) is 31.5 Å². The van der Waals surface area contributed by atoms with Crippen LogP contribution in [-0.2, 0) is 0 Å². The highest BCUT2D eigenvalue weighted by atomic mass is 16.1. The smallest absolute Gasteiger partial charge is 0.270 e. The van der Waals surface area contributed by atoms with Crippen molar-refractivity contribution in [2.45, 2.75) is 13.8 Å². The van der Waals surface area contributed by atoms with Crippen LogP contribution in [0, 0.1) is 6.92 Å². The van der Waals surface area contributed by atoms with Crippen molar-refractivity contribution in [1.82, 2.24) is 15.3 Å². The molecule has 2 rings (SSSR count). The number of rotatable bonds is 6. The minimum Gasteiger partial charge on any atom is -0.347 e. The molecule has 1 heterocycles. The van der Waals surface area contributed by atoms with Crippen molar-refractivity contribution in [3.63, 3.8) is 0 Å². The maximum atomic E-state index is 12.0. The van der Waals surface area contributed by atoms with E-state index in [-0.39, 0.29) is 5.91 Å². The van der Waals surface area contributed by atoms with Gasteiger partial charge in [0, 0.05) is 24.8 Å². The Morgan fingerprint density at radius 1 is 1.36 bits per heavy atom. The first-order valence-electron chi connectivity index (χ1n) is 7.21. The zero-order valence-electron chi connectivity index (χ0n) is 12.9. The maximum absolute atomic E-state index is 12.0.